The Labute approximate surface area is 187 Å². The minimum atomic E-state index is -0.661. The topological polar surface area (TPSA) is 41.9 Å². The maximum atomic E-state index is 13.9. The molecule has 0 aliphatic carbocycles. The summed E-state index contributed by atoms with van der Waals surface area (Å²) in [6, 6.07) is 10.7. The van der Waals surface area contributed by atoms with E-state index in [0.29, 0.717) is 42.7 Å². The first-order chi connectivity index (χ1) is 14.4. The summed E-state index contributed by atoms with van der Waals surface area (Å²) < 4.78 is 25.6. The molecule has 0 aromatic heterocycles. The fourth-order valence-corrected chi connectivity index (χ4v) is 4.12. The molecule has 2 aromatic rings. The van der Waals surface area contributed by atoms with Gasteiger partial charge in [0, 0.05) is 30.2 Å². The van der Waals surface area contributed by atoms with Gasteiger partial charge in [0.1, 0.15) is 24.3 Å². The minimum Gasteiger partial charge on any atom is -0.491 e. The molecule has 1 fully saturated rings. The van der Waals surface area contributed by atoms with Crippen molar-refractivity contribution < 1.29 is 19.0 Å². The van der Waals surface area contributed by atoms with Crippen LogP contribution in [-0.4, -0.2) is 49.0 Å². The molecule has 2 aromatic carbocycles. The summed E-state index contributed by atoms with van der Waals surface area (Å²) in [6.07, 6.45) is -0.0187. The second-order valence-electron chi connectivity index (χ2n) is 7.72. The molecule has 4 nitrogen and oxygen atoms in total. The molecule has 1 heterocycles. The molecule has 30 heavy (non-hydrogen) atoms. The molecule has 1 aliphatic rings. The van der Waals surface area contributed by atoms with Gasteiger partial charge in [-0.3, -0.25) is 4.90 Å². The number of β-amino-alcohol motifs (C(OH)–C–C–N with tert-alkyl or cyclic N) is 1. The zero-order chi connectivity index (χ0) is 21.7. The number of morpholine rings is 1. The number of rotatable bonds is 8. The smallest absolute Gasteiger partial charge is 0.142 e. The molecule has 0 amide bonds. The fraction of sp³-hybridized carbons (Fsp3) is 0.478. The molecular weight excluding hydrogens is 428 g/mol. The summed E-state index contributed by atoms with van der Waals surface area (Å²) in [5.41, 5.74) is 1.72. The van der Waals surface area contributed by atoms with Gasteiger partial charge >= 0.3 is 0 Å². The predicted molar refractivity (Wildman–Crippen MR) is 118 cm³/mol. The average molecular weight is 456 g/mol. The molecule has 0 saturated carbocycles. The highest BCUT2D eigenvalue weighted by atomic mass is 35.5. The lowest BCUT2D eigenvalue weighted by Crippen LogP contribution is -2.43. The monoisotopic (exact) mass is 455 g/mol. The molecule has 1 aliphatic heterocycles. The van der Waals surface area contributed by atoms with Crippen LogP contribution in [0, 0.1) is 5.82 Å². The van der Waals surface area contributed by atoms with Crippen LogP contribution in [0.2, 0.25) is 10.0 Å². The standard InChI is InChI=1S/C23H28Cl2FNO3/c1-3-15(2)17-6-4-5-7-22(17)30-14-16(28)12-27-8-9-29-23(13-27)18-10-21(26)20(25)11-19(18)24/h4-7,10-11,15-16,23,28H,3,8-9,12-14H2,1-2H3. The van der Waals surface area contributed by atoms with Crippen molar-refractivity contribution in [2.24, 2.45) is 0 Å². The SMILES string of the molecule is CCC(C)c1ccccc1OCC(O)CN1CCOC(c2cc(F)c(Cl)cc2Cl)C1. The van der Waals surface area contributed by atoms with Crippen molar-refractivity contribution in [3.05, 3.63) is 63.4 Å². The number of ether oxygens (including phenoxy) is 2. The average Bonchev–Trinajstić information content (AvgIpc) is 2.74. The Bertz CT molecular complexity index is 851. The van der Waals surface area contributed by atoms with E-state index in [1.807, 2.05) is 18.2 Å². The quantitative estimate of drug-likeness (QED) is 0.536. The van der Waals surface area contributed by atoms with Gasteiger partial charge < -0.3 is 14.6 Å². The Morgan fingerprint density at radius 2 is 2.03 bits per heavy atom. The highest BCUT2D eigenvalue weighted by Crippen LogP contribution is 2.32. The molecule has 0 spiro atoms. The lowest BCUT2D eigenvalue weighted by molar-refractivity contribution is -0.0460. The van der Waals surface area contributed by atoms with E-state index in [-0.39, 0.29) is 17.7 Å². The number of hydrogen-bond donors (Lipinski definition) is 1. The Hall–Kier alpha value is -1.37. The van der Waals surface area contributed by atoms with Crippen LogP contribution in [0.5, 0.6) is 5.75 Å². The molecule has 3 rings (SSSR count). The third-order valence-electron chi connectivity index (χ3n) is 5.50. The van der Waals surface area contributed by atoms with Gasteiger partial charge in [0.25, 0.3) is 0 Å². The van der Waals surface area contributed by atoms with E-state index in [1.54, 1.807) is 0 Å². The van der Waals surface area contributed by atoms with Crippen molar-refractivity contribution >= 4 is 23.2 Å². The molecule has 7 heteroatoms. The molecule has 1 N–H and O–H groups in total. The number of aliphatic hydroxyl groups excluding tert-OH is 1. The second-order valence-corrected chi connectivity index (χ2v) is 8.53. The van der Waals surface area contributed by atoms with Crippen LogP contribution in [0.25, 0.3) is 0 Å². The van der Waals surface area contributed by atoms with Crippen molar-refractivity contribution in [3.63, 3.8) is 0 Å². The molecule has 1 saturated heterocycles. The highest BCUT2D eigenvalue weighted by Gasteiger charge is 2.26. The van der Waals surface area contributed by atoms with Crippen LogP contribution < -0.4 is 4.74 Å². The van der Waals surface area contributed by atoms with Gasteiger partial charge in [0.2, 0.25) is 0 Å². The van der Waals surface area contributed by atoms with Crippen molar-refractivity contribution in [3.8, 4) is 5.75 Å². The predicted octanol–water partition coefficient (Wildman–Crippen LogP) is 5.46. The molecular formula is C23H28Cl2FNO3. The molecule has 164 valence electrons. The Morgan fingerprint density at radius 1 is 1.27 bits per heavy atom. The van der Waals surface area contributed by atoms with Gasteiger partial charge in [-0.25, -0.2) is 4.39 Å². The third-order valence-corrected chi connectivity index (χ3v) is 6.12. The van der Waals surface area contributed by atoms with Gasteiger partial charge in [-0.05, 0) is 36.1 Å². The first-order valence-corrected chi connectivity index (χ1v) is 11.0. The van der Waals surface area contributed by atoms with Gasteiger partial charge in [-0.1, -0.05) is 55.2 Å². The molecule has 0 radical (unpaired) electrons. The number of nitrogens with zero attached hydrogens (tertiary/aromatic N) is 1. The van der Waals surface area contributed by atoms with Gasteiger partial charge in [0.05, 0.1) is 17.7 Å². The number of para-hydroxylation sites is 1. The van der Waals surface area contributed by atoms with E-state index >= 15 is 0 Å². The van der Waals surface area contributed by atoms with E-state index in [4.69, 9.17) is 32.7 Å². The van der Waals surface area contributed by atoms with Crippen molar-refractivity contribution in [1.82, 2.24) is 4.90 Å². The summed E-state index contributed by atoms with van der Waals surface area (Å²) in [5, 5.41) is 10.9. The van der Waals surface area contributed by atoms with E-state index in [1.165, 1.54) is 12.1 Å². The maximum Gasteiger partial charge on any atom is 0.142 e. The third kappa shape index (κ3) is 5.86. The lowest BCUT2D eigenvalue weighted by atomic mass is 9.98. The molecule has 3 atom stereocenters. The number of benzene rings is 2. The number of halogens is 3. The summed E-state index contributed by atoms with van der Waals surface area (Å²) in [5.74, 6) is 0.683. The first kappa shape index (κ1) is 23.3. The van der Waals surface area contributed by atoms with Crippen LogP contribution in [0.3, 0.4) is 0 Å². The zero-order valence-corrected chi connectivity index (χ0v) is 18.8. The second kappa shape index (κ2) is 10.8. The largest absolute Gasteiger partial charge is 0.491 e. The lowest BCUT2D eigenvalue weighted by Gasteiger charge is -2.34. The van der Waals surface area contributed by atoms with Crippen molar-refractivity contribution in [1.29, 1.82) is 0 Å². The fourth-order valence-electron chi connectivity index (χ4n) is 3.62. The highest BCUT2D eigenvalue weighted by molar-refractivity contribution is 6.35. The molecule has 3 unspecified atom stereocenters. The van der Waals surface area contributed by atoms with E-state index < -0.39 is 11.9 Å². The zero-order valence-electron chi connectivity index (χ0n) is 17.3. The van der Waals surface area contributed by atoms with Gasteiger partial charge in [-0.2, -0.15) is 0 Å². The van der Waals surface area contributed by atoms with Crippen LogP contribution >= 0.6 is 23.2 Å². The van der Waals surface area contributed by atoms with Crippen molar-refractivity contribution in [2.75, 3.05) is 32.8 Å². The minimum absolute atomic E-state index is 0.0124. The van der Waals surface area contributed by atoms with Crippen LogP contribution in [0.1, 0.15) is 43.4 Å². The van der Waals surface area contributed by atoms with E-state index in [9.17, 15) is 9.50 Å². The van der Waals surface area contributed by atoms with Gasteiger partial charge in [0.15, 0.2) is 0 Å². The van der Waals surface area contributed by atoms with Crippen LogP contribution in [-0.2, 0) is 4.74 Å². The van der Waals surface area contributed by atoms with Crippen molar-refractivity contribution in [2.45, 2.75) is 38.4 Å². The summed E-state index contributed by atoms with van der Waals surface area (Å²) >= 11 is 12.0. The summed E-state index contributed by atoms with van der Waals surface area (Å²) in [4.78, 5) is 2.08. The Morgan fingerprint density at radius 3 is 2.80 bits per heavy atom. The Balaban J connectivity index is 1.57. The van der Waals surface area contributed by atoms with Gasteiger partial charge in [-0.15, -0.1) is 0 Å². The number of aliphatic hydroxyl groups is 1. The molecule has 0 bridgehead atoms. The maximum absolute atomic E-state index is 13.9. The first-order valence-electron chi connectivity index (χ1n) is 10.3. The number of hydrogen-bond acceptors (Lipinski definition) is 4. The summed E-state index contributed by atoms with van der Waals surface area (Å²) in [7, 11) is 0. The van der Waals surface area contributed by atoms with E-state index in [2.05, 4.69) is 24.8 Å². The normalized spacial score (nSPS) is 19.5. The summed E-state index contributed by atoms with van der Waals surface area (Å²) in [6.45, 7) is 6.58. The van der Waals surface area contributed by atoms with Crippen LogP contribution in [0.15, 0.2) is 36.4 Å². The van der Waals surface area contributed by atoms with E-state index in [0.717, 1.165) is 17.7 Å². The van der Waals surface area contributed by atoms with Crippen LogP contribution in [0.4, 0.5) is 4.39 Å². The Kier molecular flexibility index (Phi) is 8.37.